The van der Waals surface area contributed by atoms with Crippen molar-refractivity contribution in [1.29, 1.82) is 0 Å². The molecule has 1 unspecified atom stereocenters. The fraction of sp³-hybridized carbons (Fsp3) is 0.162. The van der Waals surface area contributed by atoms with E-state index in [1.165, 1.54) is 23.1 Å². The molecule has 2 aliphatic rings. The SMILES string of the molecule is O=C1NCCN(C(=O)c2c3c(nc4ccccc24)/C(=C/c2cccc(Oc4ccccc4)c2)CC3)C1c1ccccc1C(F)(F)F. The summed E-state index contributed by atoms with van der Waals surface area (Å²) in [5.41, 5.74) is 2.99. The first-order valence-electron chi connectivity index (χ1n) is 15.0. The highest BCUT2D eigenvalue weighted by atomic mass is 19.4. The Morgan fingerprint density at radius 3 is 2.46 bits per heavy atom. The van der Waals surface area contributed by atoms with Gasteiger partial charge in [0.2, 0.25) is 5.91 Å². The van der Waals surface area contributed by atoms with Crippen LogP contribution in [0.25, 0.3) is 22.6 Å². The predicted molar refractivity (Wildman–Crippen MR) is 169 cm³/mol. The maximum Gasteiger partial charge on any atom is 0.416 e. The van der Waals surface area contributed by atoms with Crippen LogP contribution in [0.4, 0.5) is 13.2 Å². The lowest BCUT2D eigenvalue weighted by atomic mass is 9.94. The standard InChI is InChI=1S/C37H28F3N3O3/c38-37(39,40)30-15-6-4-13-27(30)34-35(44)41-19-20-43(34)36(45)32-28-14-5-7-16-31(28)42-33-24(17-18-29(32)33)21-23-9-8-12-26(22-23)46-25-10-2-1-3-11-25/h1-16,21-22,34H,17-20H2,(H,41,44)/b24-21+. The fourth-order valence-corrected chi connectivity index (χ4v) is 6.35. The molecular formula is C37H28F3N3O3. The molecule has 0 saturated carbocycles. The molecule has 9 heteroatoms. The molecule has 4 aromatic carbocycles. The van der Waals surface area contributed by atoms with Gasteiger partial charge in [-0.05, 0) is 77.6 Å². The normalized spacial score (nSPS) is 17.2. The number of allylic oxidation sites excluding steroid dienone is 1. The first kappa shape index (κ1) is 29.3. The summed E-state index contributed by atoms with van der Waals surface area (Å²) in [4.78, 5) is 34.0. The van der Waals surface area contributed by atoms with E-state index in [4.69, 9.17) is 9.72 Å². The van der Waals surface area contributed by atoms with Gasteiger partial charge < -0.3 is 15.0 Å². The third kappa shape index (κ3) is 5.49. The number of hydrogen-bond acceptors (Lipinski definition) is 4. The fourth-order valence-electron chi connectivity index (χ4n) is 6.35. The molecule has 1 atom stereocenters. The van der Waals surface area contributed by atoms with Crippen LogP contribution in [0.15, 0.2) is 103 Å². The summed E-state index contributed by atoms with van der Waals surface area (Å²) >= 11 is 0. The van der Waals surface area contributed by atoms with E-state index in [9.17, 15) is 22.8 Å². The van der Waals surface area contributed by atoms with E-state index in [0.717, 1.165) is 28.5 Å². The average Bonchev–Trinajstić information content (AvgIpc) is 3.45. The van der Waals surface area contributed by atoms with Crippen LogP contribution in [-0.4, -0.2) is 34.8 Å². The Morgan fingerprint density at radius 2 is 1.63 bits per heavy atom. The van der Waals surface area contributed by atoms with Gasteiger partial charge in [-0.2, -0.15) is 13.2 Å². The van der Waals surface area contributed by atoms with Gasteiger partial charge in [0.25, 0.3) is 5.91 Å². The zero-order valence-electron chi connectivity index (χ0n) is 24.6. The van der Waals surface area contributed by atoms with E-state index in [-0.39, 0.29) is 18.7 Å². The maximum absolute atomic E-state index is 14.5. The quantitative estimate of drug-likeness (QED) is 0.218. The number of nitrogens with one attached hydrogen (secondary N) is 1. The van der Waals surface area contributed by atoms with Crippen molar-refractivity contribution in [3.8, 4) is 11.5 Å². The van der Waals surface area contributed by atoms with E-state index < -0.39 is 29.6 Å². The number of carbonyl (C=O) groups excluding carboxylic acids is 2. The molecule has 1 aliphatic heterocycles. The number of piperazine rings is 1. The van der Waals surface area contributed by atoms with Crippen LogP contribution >= 0.6 is 0 Å². The van der Waals surface area contributed by atoms with Gasteiger partial charge >= 0.3 is 6.18 Å². The molecule has 0 radical (unpaired) electrons. The largest absolute Gasteiger partial charge is 0.457 e. The van der Waals surface area contributed by atoms with Crippen molar-refractivity contribution in [2.45, 2.75) is 25.1 Å². The molecule has 5 aromatic rings. The molecule has 1 aromatic heterocycles. The minimum atomic E-state index is -4.70. The third-order valence-corrected chi connectivity index (χ3v) is 8.37. The van der Waals surface area contributed by atoms with Crippen LogP contribution in [0.3, 0.4) is 0 Å². The number of aromatic nitrogens is 1. The van der Waals surface area contributed by atoms with Gasteiger partial charge in [0.1, 0.15) is 17.5 Å². The second-order valence-electron chi connectivity index (χ2n) is 11.3. The van der Waals surface area contributed by atoms with Gasteiger partial charge in [0.05, 0.1) is 22.3 Å². The summed E-state index contributed by atoms with van der Waals surface area (Å²) in [5.74, 6) is 0.253. The van der Waals surface area contributed by atoms with Gasteiger partial charge in [-0.25, -0.2) is 4.98 Å². The lowest BCUT2D eigenvalue weighted by Gasteiger charge is -2.37. The van der Waals surface area contributed by atoms with Gasteiger partial charge in [0, 0.05) is 18.5 Å². The van der Waals surface area contributed by atoms with E-state index in [0.29, 0.717) is 40.8 Å². The minimum Gasteiger partial charge on any atom is -0.457 e. The summed E-state index contributed by atoms with van der Waals surface area (Å²) in [6.07, 6.45) is -1.54. The molecule has 2 heterocycles. The van der Waals surface area contributed by atoms with Crippen LogP contribution in [0.1, 0.15) is 50.8 Å². The summed E-state index contributed by atoms with van der Waals surface area (Å²) in [6.45, 7) is 0.191. The maximum atomic E-state index is 14.5. The Labute approximate surface area is 263 Å². The van der Waals surface area contributed by atoms with Crippen LogP contribution < -0.4 is 10.1 Å². The minimum absolute atomic E-state index is 0.0593. The highest BCUT2D eigenvalue weighted by molar-refractivity contribution is 6.10. The lowest BCUT2D eigenvalue weighted by molar-refractivity contribution is -0.139. The number of hydrogen-bond donors (Lipinski definition) is 1. The van der Waals surface area contributed by atoms with Crippen molar-refractivity contribution in [3.63, 3.8) is 0 Å². The summed E-state index contributed by atoms with van der Waals surface area (Å²) in [7, 11) is 0. The molecule has 1 N–H and O–H groups in total. The molecule has 0 bridgehead atoms. The number of amides is 2. The van der Waals surface area contributed by atoms with Gasteiger partial charge in [-0.3, -0.25) is 9.59 Å². The molecule has 0 spiro atoms. The van der Waals surface area contributed by atoms with Gasteiger partial charge in [-0.15, -0.1) is 0 Å². The molecule has 6 nitrogen and oxygen atoms in total. The number of benzene rings is 4. The Hall–Kier alpha value is -5.44. The Morgan fingerprint density at radius 1 is 0.891 bits per heavy atom. The Balaban J connectivity index is 1.30. The molecule has 1 saturated heterocycles. The average molecular weight is 620 g/mol. The highest BCUT2D eigenvalue weighted by Gasteiger charge is 2.42. The number of nitrogens with zero attached hydrogens (tertiary/aromatic N) is 2. The van der Waals surface area contributed by atoms with Crippen LogP contribution in [-0.2, 0) is 17.4 Å². The summed E-state index contributed by atoms with van der Waals surface area (Å²) in [5, 5.41) is 3.25. The van der Waals surface area contributed by atoms with E-state index in [1.54, 1.807) is 12.1 Å². The Bertz CT molecular complexity index is 2010. The van der Waals surface area contributed by atoms with Crippen molar-refractivity contribution >= 4 is 34.4 Å². The van der Waals surface area contributed by atoms with Crippen LogP contribution in [0.5, 0.6) is 11.5 Å². The number of fused-ring (bicyclic) bond motifs is 2. The van der Waals surface area contributed by atoms with Gasteiger partial charge in [0.15, 0.2) is 0 Å². The Kier molecular flexibility index (Phi) is 7.52. The monoisotopic (exact) mass is 619 g/mol. The molecule has 1 fully saturated rings. The summed E-state index contributed by atoms with van der Waals surface area (Å²) in [6, 6.07) is 27.9. The number of pyridine rings is 1. The first-order valence-corrected chi connectivity index (χ1v) is 15.0. The smallest absolute Gasteiger partial charge is 0.416 e. The lowest BCUT2D eigenvalue weighted by Crippen LogP contribution is -2.52. The second-order valence-corrected chi connectivity index (χ2v) is 11.3. The predicted octanol–water partition coefficient (Wildman–Crippen LogP) is 7.85. The number of alkyl halides is 3. The zero-order chi connectivity index (χ0) is 31.8. The molecular weight excluding hydrogens is 591 g/mol. The molecule has 46 heavy (non-hydrogen) atoms. The van der Waals surface area contributed by atoms with Crippen LogP contribution in [0, 0.1) is 0 Å². The molecule has 230 valence electrons. The van der Waals surface area contributed by atoms with Crippen molar-refractivity contribution in [3.05, 3.63) is 137 Å². The van der Waals surface area contributed by atoms with Crippen molar-refractivity contribution in [2.24, 2.45) is 0 Å². The number of carbonyl (C=O) groups is 2. The topological polar surface area (TPSA) is 71.5 Å². The number of ether oxygens (including phenoxy) is 1. The van der Waals surface area contributed by atoms with Gasteiger partial charge in [-0.1, -0.05) is 66.7 Å². The third-order valence-electron chi connectivity index (χ3n) is 8.37. The van der Waals surface area contributed by atoms with Crippen molar-refractivity contribution < 1.29 is 27.5 Å². The van der Waals surface area contributed by atoms with Crippen LogP contribution in [0.2, 0.25) is 0 Å². The number of rotatable bonds is 5. The second kappa shape index (κ2) is 11.8. The number of para-hydroxylation sites is 2. The molecule has 2 amide bonds. The van der Waals surface area contributed by atoms with E-state index in [1.807, 2.05) is 72.8 Å². The van der Waals surface area contributed by atoms with Crippen molar-refractivity contribution in [2.75, 3.05) is 13.1 Å². The van der Waals surface area contributed by atoms with Crippen molar-refractivity contribution in [1.82, 2.24) is 15.2 Å². The first-order chi connectivity index (χ1) is 22.3. The van der Waals surface area contributed by atoms with E-state index >= 15 is 0 Å². The summed E-state index contributed by atoms with van der Waals surface area (Å²) < 4.78 is 48.2. The molecule has 7 rings (SSSR count). The number of halogens is 3. The molecule has 1 aliphatic carbocycles. The highest BCUT2D eigenvalue weighted by Crippen LogP contribution is 2.41. The van der Waals surface area contributed by atoms with E-state index in [2.05, 4.69) is 5.32 Å². The zero-order valence-corrected chi connectivity index (χ0v) is 24.6.